The molecule has 0 unspecified atom stereocenters. The molecule has 2 rings (SSSR count). The van der Waals surface area contributed by atoms with E-state index in [1.54, 1.807) is 23.1 Å². The summed E-state index contributed by atoms with van der Waals surface area (Å²) in [6, 6.07) is 5.28. The molecule has 5 heteroatoms. The van der Waals surface area contributed by atoms with Crippen molar-refractivity contribution in [1.82, 2.24) is 0 Å². The standard InChI is InChI=1S/C16H22N2O3/c1-11(2)16(20)18-8-9-21-15-6-5-12(10-13(15)18)14(19)4-3-7-17/h5-6,10-11H,3-4,7-9,17H2,1-2H3. The largest absolute Gasteiger partial charge is 0.490 e. The van der Waals surface area contributed by atoms with Crippen LogP contribution in [0.1, 0.15) is 37.0 Å². The van der Waals surface area contributed by atoms with Crippen LogP contribution in [0.2, 0.25) is 0 Å². The molecule has 0 bridgehead atoms. The Morgan fingerprint density at radius 1 is 1.38 bits per heavy atom. The lowest BCUT2D eigenvalue weighted by atomic mass is 10.0. The molecular weight excluding hydrogens is 268 g/mol. The van der Waals surface area contributed by atoms with Gasteiger partial charge in [0.25, 0.3) is 0 Å². The van der Waals surface area contributed by atoms with Gasteiger partial charge in [0, 0.05) is 17.9 Å². The van der Waals surface area contributed by atoms with Gasteiger partial charge in [-0.25, -0.2) is 0 Å². The zero-order valence-corrected chi connectivity index (χ0v) is 12.6. The predicted molar refractivity (Wildman–Crippen MR) is 81.7 cm³/mol. The molecule has 114 valence electrons. The van der Waals surface area contributed by atoms with Gasteiger partial charge in [-0.2, -0.15) is 0 Å². The Balaban J connectivity index is 2.29. The normalized spacial score (nSPS) is 13.8. The third-order valence-corrected chi connectivity index (χ3v) is 3.51. The molecule has 1 aliphatic heterocycles. The lowest BCUT2D eigenvalue weighted by molar-refractivity contribution is -0.121. The molecule has 0 atom stereocenters. The van der Waals surface area contributed by atoms with Crippen LogP contribution in [0.4, 0.5) is 5.69 Å². The minimum Gasteiger partial charge on any atom is -0.490 e. The molecule has 1 heterocycles. The van der Waals surface area contributed by atoms with Crippen LogP contribution in [0.5, 0.6) is 5.75 Å². The molecule has 0 spiro atoms. The lowest BCUT2D eigenvalue weighted by Gasteiger charge is -2.31. The van der Waals surface area contributed by atoms with Crippen LogP contribution in [0.3, 0.4) is 0 Å². The first-order valence-electron chi connectivity index (χ1n) is 7.36. The summed E-state index contributed by atoms with van der Waals surface area (Å²) in [5.41, 5.74) is 6.73. The molecule has 21 heavy (non-hydrogen) atoms. The quantitative estimate of drug-likeness (QED) is 0.842. The van der Waals surface area contributed by atoms with Gasteiger partial charge >= 0.3 is 0 Å². The lowest BCUT2D eigenvalue weighted by Crippen LogP contribution is -2.40. The molecule has 1 amide bonds. The highest BCUT2D eigenvalue weighted by Crippen LogP contribution is 2.33. The first-order chi connectivity index (χ1) is 10.0. The fraction of sp³-hybridized carbons (Fsp3) is 0.500. The highest BCUT2D eigenvalue weighted by molar-refractivity contribution is 6.01. The summed E-state index contributed by atoms with van der Waals surface area (Å²) in [7, 11) is 0. The van der Waals surface area contributed by atoms with Crippen LogP contribution in [0, 0.1) is 5.92 Å². The monoisotopic (exact) mass is 290 g/mol. The van der Waals surface area contributed by atoms with Crippen LogP contribution in [-0.2, 0) is 4.79 Å². The van der Waals surface area contributed by atoms with Crippen LogP contribution in [-0.4, -0.2) is 31.4 Å². The van der Waals surface area contributed by atoms with Crippen molar-refractivity contribution >= 4 is 17.4 Å². The van der Waals surface area contributed by atoms with Crippen LogP contribution < -0.4 is 15.4 Å². The van der Waals surface area contributed by atoms with Gasteiger partial charge in [0.1, 0.15) is 12.4 Å². The van der Waals surface area contributed by atoms with E-state index in [0.29, 0.717) is 49.5 Å². The number of carbonyl (C=O) groups is 2. The van der Waals surface area contributed by atoms with Gasteiger partial charge in [0.2, 0.25) is 5.91 Å². The number of hydrogen-bond acceptors (Lipinski definition) is 4. The summed E-state index contributed by atoms with van der Waals surface area (Å²) < 4.78 is 5.57. The second-order valence-electron chi connectivity index (χ2n) is 5.49. The van der Waals surface area contributed by atoms with Gasteiger partial charge in [0.15, 0.2) is 5.78 Å². The number of rotatable bonds is 5. The third kappa shape index (κ3) is 3.42. The van der Waals surface area contributed by atoms with Crippen molar-refractivity contribution in [2.24, 2.45) is 11.7 Å². The molecule has 1 aromatic carbocycles. The van der Waals surface area contributed by atoms with Crippen LogP contribution in [0.15, 0.2) is 18.2 Å². The number of nitrogens with two attached hydrogens (primary N) is 1. The molecule has 0 fully saturated rings. The number of anilines is 1. The van der Waals surface area contributed by atoms with E-state index in [9.17, 15) is 9.59 Å². The zero-order valence-electron chi connectivity index (χ0n) is 12.6. The first-order valence-corrected chi connectivity index (χ1v) is 7.36. The Morgan fingerprint density at radius 2 is 2.14 bits per heavy atom. The van der Waals surface area contributed by atoms with E-state index in [1.807, 2.05) is 13.8 Å². The smallest absolute Gasteiger partial charge is 0.229 e. The van der Waals surface area contributed by atoms with Crippen molar-refractivity contribution in [2.45, 2.75) is 26.7 Å². The number of ether oxygens (including phenoxy) is 1. The number of amides is 1. The average Bonchev–Trinajstić information content (AvgIpc) is 2.50. The van der Waals surface area contributed by atoms with Crippen molar-refractivity contribution < 1.29 is 14.3 Å². The van der Waals surface area contributed by atoms with Gasteiger partial charge in [0.05, 0.1) is 12.2 Å². The van der Waals surface area contributed by atoms with E-state index in [2.05, 4.69) is 0 Å². The van der Waals surface area contributed by atoms with Crippen LogP contribution >= 0.6 is 0 Å². The molecule has 2 N–H and O–H groups in total. The van der Waals surface area contributed by atoms with Crippen molar-refractivity contribution in [2.75, 3.05) is 24.6 Å². The maximum atomic E-state index is 12.3. The number of nitrogens with zero attached hydrogens (tertiary/aromatic N) is 1. The summed E-state index contributed by atoms with van der Waals surface area (Å²) in [5.74, 6) is 0.662. The maximum Gasteiger partial charge on any atom is 0.229 e. The van der Waals surface area contributed by atoms with Crippen molar-refractivity contribution in [3.05, 3.63) is 23.8 Å². The fourth-order valence-corrected chi connectivity index (χ4v) is 2.34. The number of Topliss-reactive ketones (excluding diaryl/α,β-unsaturated/α-hetero) is 1. The van der Waals surface area contributed by atoms with E-state index in [1.165, 1.54) is 0 Å². The predicted octanol–water partition coefficient (Wildman–Crippen LogP) is 1.99. The topological polar surface area (TPSA) is 72.6 Å². The van der Waals surface area contributed by atoms with Crippen molar-refractivity contribution in [1.29, 1.82) is 0 Å². The fourth-order valence-electron chi connectivity index (χ4n) is 2.34. The van der Waals surface area contributed by atoms with Crippen molar-refractivity contribution in [3.63, 3.8) is 0 Å². The van der Waals surface area contributed by atoms with Gasteiger partial charge < -0.3 is 15.4 Å². The van der Waals surface area contributed by atoms with Crippen LogP contribution in [0.25, 0.3) is 0 Å². The van der Waals surface area contributed by atoms with Gasteiger partial charge in [-0.1, -0.05) is 13.8 Å². The molecule has 1 aromatic rings. The number of benzene rings is 1. The van der Waals surface area contributed by atoms with Gasteiger partial charge in [-0.05, 0) is 31.2 Å². The maximum absolute atomic E-state index is 12.3. The van der Waals surface area contributed by atoms with E-state index in [0.717, 1.165) is 0 Å². The van der Waals surface area contributed by atoms with E-state index < -0.39 is 0 Å². The summed E-state index contributed by atoms with van der Waals surface area (Å²) in [6.45, 7) is 5.23. The SMILES string of the molecule is CC(C)C(=O)N1CCOc2ccc(C(=O)CCCN)cc21. The van der Waals surface area contributed by atoms with Gasteiger partial charge in [-0.15, -0.1) is 0 Å². The second kappa shape index (κ2) is 6.72. The molecule has 0 saturated heterocycles. The second-order valence-corrected chi connectivity index (χ2v) is 5.49. The number of ketones is 1. The molecule has 0 radical (unpaired) electrons. The molecule has 5 nitrogen and oxygen atoms in total. The molecular formula is C16H22N2O3. The number of fused-ring (bicyclic) bond motifs is 1. The number of hydrogen-bond donors (Lipinski definition) is 1. The molecule has 1 aliphatic rings. The van der Waals surface area contributed by atoms with E-state index in [-0.39, 0.29) is 17.6 Å². The Labute approximate surface area is 125 Å². The zero-order chi connectivity index (χ0) is 15.4. The average molecular weight is 290 g/mol. The molecule has 0 aromatic heterocycles. The van der Waals surface area contributed by atoms with Gasteiger partial charge in [-0.3, -0.25) is 9.59 Å². The van der Waals surface area contributed by atoms with E-state index >= 15 is 0 Å². The summed E-state index contributed by atoms with van der Waals surface area (Å²) >= 11 is 0. The highest BCUT2D eigenvalue weighted by atomic mass is 16.5. The minimum absolute atomic E-state index is 0.0470. The Bertz CT molecular complexity index is 540. The Morgan fingerprint density at radius 3 is 2.81 bits per heavy atom. The molecule has 0 saturated carbocycles. The number of carbonyl (C=O) groups excluding carboxylic acids is 2. The summed E-state index contributed by atoms with van der Waals surface area (Å²) in [5, 5.41) is 0. The van der Waals surface area contributed by atoms with E-state index in [4.69, 9.17) is 10.5 Å². The summed E-state index contributed by atoms with van der Waals surface area (Å²) in [4.78, 5) is 26.1. The minimum atomic E-state index is -0.0902. The van der Waals surface area contributed by atoms with Crippen molar-refractivity contribution in [3.8, 4) is 5.75 Å². The molecule has 0 aliphatic carbocycles. The Hall–Kier alpha value is -1.88. The first kappa shape index (κ1) is 15.5. The third-order valence-electron chi connectivity index (χ3n) is 3.51. The highest BCUT2D eigenvalue weighted by Gasteiger charge is 2.26. The summed E-state index contributed by atoms with van der Waals surface area (Å²) in [6.07, 6.45) is 1.09. The Kier molecular flexibility index (Phi) is 4.96.